The molecule has 3 rings (SSSR count). The first-order chi connectivity index (χ1) is 9.62. The summed E-state index contributed by atoms with van der Waals surface area (Å²) in [6.07, 6.45) is 8.17. The van der Waals surface area contributed by atoms with Gasteiger partial charge in [0, 0.05) is 22.4 Å². The van der Waals surface area contributed by atoms with E-state index >= 15 is 0 Å². The first-order valence-corrected chi connectivity index (χ1v) is 8.28. The molecule has 0 saturated heterocycles. The third-order valence-electron chi connectivity index (χ3n) is 5.05. The van der Waals surface area contributed by atoms with Crippen LogP contribution in [0.1, 0.15) is 44.9 Å². The van der Waals surface area contributed by atoms with Gasteiger partial charge in [-0.1, -0.05) is 41.6 Å². The van der Waals surface area contributed by atoms with Crippen LogP contribution in [-0.4, -0.2) is 12.1 Å². The molecule has 20 heavy (non-hydrogen) atoms. The van der Waals surface area contributed by atoms with Crippen LogP contribution >= 0.6 is 15.9 Å². The molecule has 0 radical (unpaired) electrons. The molecule has 2 aliphatic rings. The molecule has 1 aromatic carbocycles. The van der Waals surface area contributed by atoms with Crippen molar-refractivity contribution in [3.63, 3.8) is 0 Å². The Kier molecular flexibility index (Phi) is 4.04. The monoisotopic (exact) mass is 341 g/mol. The van der Waals surface area contributed by atoms with E-state index in [1.54, 1.807) is 6.07 Å². The van der Waals surface area contributed by atoms with Gasteiger partial charge in [0.1, 0.15) is 6.10 Å². The first kappa shape index (κ1) is 14.3. The fraction of sp³-hybridized carbons (Fsp3) is 0.625. The molecule has 2 unspecified atom stereocenters. The maximum atomic E-state index is 13.9. The Bertz CT molecular complexity index is 485. The zero-order chi connectivity index (χ0) is 14.2. The molecule has 2 saturated carbocycles. The van der Waals surface area contributed by atoms with Crippen LogP contribution in [0.15, 0.2) is 22.7 Å². The Morgan fingerprint density at radius 1 is 1.20 bits per heavy atom. The summed E-state index contributed by atoms with van der Waals surface area (Å²) < 4.78 is 20.6. The van der Waals surface area contributed by atoms with Gasteiger partial charge in [-0.2, -0.15) is 0 Å². The van der Waals surface area contributed by atoms with Crippen molar-refractivity contribution in [3.05, 3.63) is 28.5 Å². The van der Waals surface area contributed by atoms with Gasteiger partial charge in [0.25, 0.3) is 0 Å². The minimum atomic E-state index is -0.302. The molecule has 2 atom stereocenters. The van der Waals surface area contributed by atoms with Crippen LogP contribution in [0.4, 0.5) is 4.39 Å². The van der Waals surface area contributed by atoms with Gasteiger partial charge in [0.05, 0.1) is 0 Å². The molecule has 0 heterocycles. The van der Waals surface area contributed by atoms with Crippen molar-refractivity contribution in [2.45, 2.75) is 57.1 Å². The van der Waals surface area contributed by atoms with E-state index in [-0.39, 0.29) is 23.4 Å². The van der Waals surface area contributed by atoms with E-state index in [9.17, 15) is 4.39 Å². The van der Waals surface area contributed by atoms with Gasteiger partial charge in [-0.05, 0) is 31.0 Å². The van der Waals surface area contributed by atoms with Crippen LogP contribution in [0.25, 0.3) is 0 Å². The fourth-order valence-corrected chi connectivity index (χ4v) is 4.08. The number of benzene rings is 1. The molecule has 0 amide bonds. The molecule has 0 aromatic heterocycles. The van der Waals surface area contributed by atoms with Gasteiger partial charge in [0.2, 0.25) is 0 Å². The lowest BCUT2D eigenvalue weighted by atomic mass is 9.58. The molecule has 0 bridgehead atoms. The van der Waals surface area contributed by atoms with E-state index in [4.69, 9.17) is 10.5 Å². The lowest BCUT2D eigenvalue weighted by molar-refractivity contribution is -0.0785. The summed E-state index contributed by atoms with van der Waals surface area (Å²) >= 11 is 3.27. The second-order valence-electron chi connectivity index (χ2n) is 6.17. The Morgan fingerprint density at radius 2 is 1.90 bits per heavy atom. The third kappa shape index (κ3) is 2.48. The zero-order valence-electron chi connectivity index (χ0n) is 11.6. The van der Waals surface area contributed by atoms with Gasteiger partial charge in [-0.25, -0.2) is 4.39 Å². The maximum Gasteiger partial charge on any atom is 0.166 e. The van der Waals surface area contributed by atoms with E-state index in [1.807, 2.05) is 6.07 Å². The minimum Gasteiger partial charge on any atom is -0.487 e. The highest BCUT2D eigenvalue weighted by atomic mass is 79.9. The summed E-state index contributed by atoms with van der Waals surface area (Å²) in [5, 5.41) is 0. The van der Waals surface area contributed by atoms with Gasteiger partial charge < -0.3 is 10.5 Å². The highest BCUT2D eigenvalue weighted by Crippen LogP contribution is 2.51. The highest BCUT2D eigenvalue weighted by Gasteiger charge is 2.54. The van der Waals surface area contributed by atoms with E-state index in [2.05, 4.69) is 15.9 Å². The van der Waals surface area contributed by atoms with Crippen molar-refractivity contribution >= 4 is 15.9 Å². The molecule has 4 heteroatoms. The van der Waals surface area contributed by atoms with Gasteiger partial charge in [-0.15, -0.1) is 0 Å². The van der Waals surface area contributed by atoms with Crippen LogP contribution in [0.3, 0.4) is 0 Å². The number of rotatable bonds is 2. The number of ether oxygens (including phenoxy) is 1. The molecule has 0 aliphatic heterocycles. The number of nitrogens with two attached hydrogens (primary N) is 1. The standard InChI is InChI=1S/C16H21BrFNO/c17-11-5-6-13(12(18)9-11)20-15-10-14(19)16(15)7-3-1-2-4-8-16/h5-6,9,14-15H,1-4,7-8,10,19H2. The molecule has 2 aliphatic carbocycles. The lowest BCUT2D eigenvalue weighted by Gasteiger charge is -2.54. The van der Waals surface area contributed by atoms with Crippen LogP contribution < -0.4 is 10.5 Å². The average molecular weight is 342 g/mol. The molecule has 2 nitrogen and oxygen atoms in total. The van der Waals surface area contributed by atoms with Crippen molar-refractivity contribution < 1.29 is 9.13 Å². The van der Waals surface area contributed by atoms with Crippen molar-refractivity contribution in [1.82, 2.24) is 0 Å². The van der Waals surface area contributed by atoms with Gasteiger partial charge in [0.15, 0.2) is 11.6 Å². The Labute approximate surface area is 128 Å². The quantitative estimate of drug-likeness (QED) is 0.864. The second-order valence-corrected chi connectivity index (χ2v) is 7.09. The summed E-state index contributed by atoms with van der Waals surface area (Å²) in [7, 11) is 0. The molecule has 2 N–H and O–H groups in total. The average Bonchev–Trinajstić information content (AvgIpc) is 2.69. The Balaban J connectivity index is 1.76. The fourth-order valence-electron chi connectivity index (χ4n) is 3.75. The van der Waals surface area contributed by atoms with E-state index in [1.165, 1.54) is 31.7 Å². The van der Waals surface area contributed by atoms with Crippen molar-refractivity contribution in [3.8, 4) is 5.75 Å². The third-order valence-corrected chi connectivity index (χ3v) is 5.54. The van der Waals surface area contributed by atoms with Crippen molar-refractivity contribution in [2.24, 2.45) is 11.1 Å². The van der Waals surface area contributed by atoms with E-state index < -0.39 is 0 Å². The Hall–Kier alpha value is -0.610. The number of hydrogen-bond acceptors (Lipinski definition) is 2. The maximum absolute atomic E-state index is 13.9. The summed E-state index contributed by atoms with van der Waals surface area (Å²) in [5.74, 6) is 0.0531. The smallest absolute Gasteiger partial charge is 0.166 e. The van der Waals surface area contributed by atoms with Crippen molar-refractivity contribution in [1.29, 1.82) is 0 Å². The summed E-state index contributed by atoms with van der Waals surface area (Å²) in [6.45, 7) is 0. The molecule has 1 aromatic rings. The Morgan fingerprint density at radius 3 is 2.50 bits per heavy atom. The summed E-state index contributed by atoms with van der Waals surface area (Å²) in [4.78, 5) is 0. The number of hydrogen-bond donors (Lipinski definition) is 1. The van der Waals surface area contributed by atoms with Crippen LogP contribution in [0, 0.1) is 11.2 Å². The molecule has 1 spiro atoms. The van der Waals surface area contributed by atoms with E-state index in [0.29, 0.717) is 5.75 Å². The summed E-state index contributed by atoms with van der Waals surface area (Å²) in [5.41, 5.74) is 6.36. The SMILES string of the molecule is NC1CC(Oc2ccc(Br)cc2F)C12CCCCCC2. The minimum absolute atomic E-state index is 0.0753. The highest BCUT2D eigenvalue weighted by molar-refractivity contribution is 9.10. The number of halogens is 2. The first-order valence-electron chi connectivity index (χ1n) is 7.49. The molecule has 110 valence electrons. The molecular weight excluding hydrogens is 321 g/mol. The van der Waals surface area contributed by atoms with Gasteiger partial charge in [-0.3, -0.25) is 0 Å². The van der Waals surface area contributed by atoms with Gasteiger partial charge >= 0.3 is 0 Å². The topological polar surface area (TPSA) is 35.2 Å². The largest absolute Gasteiger partial charge is 0.487 e. The van der Waals surface area contributed by atoms with Crippen LogP contribution in [0.5, 0.6) is 5.75 Å². The molecule has 2 fully saturated rings. The zero-order valence-corrected chi connectivity index (χ0v) is 13.2. The van der Waals surface area contributed by atoms with Crippen molar-refractivity contribution in [2.75, 3.05) is 0 Å². The van der Waals surface area contributed by atoms with Crippen LogP contribution in [0.2, 0.25) is 0 Å². The second kappa shape index (κ2) is 5.64. The normalized spacial score (nSPS) is 28.8. The van der Waals surface area contributed by atoms with E-state index in [0.717, 1.165) is 23.7 Å². The predicted octanol–water partition coefficient (Wildman–Crippen LogP) is 4.41. The predicted molar refractivity (Wildman–Crippen MR) is 81.2 cm³/mol. The van der Waals surface area contributed by atoms with Crippen LogP contribution in [-0.2, 0) is 0 Å². The summed E-state index contributed by atoms with van der Waals surface area (Å²) in [6, 6.07) is 5.18. The lowest BCUT2D eigenvalue weighted by Crippen LogP contribution is -2.63. The molecular formula is C16H21BrFNO.